The van der Waals surface area contributed by atoms with Gasteiger partial charge in [-0.15, -0.1) is 16.8 Å². The molecule has 2 aliphatic heterocycles. The molecule has 1 aromatic heterocycles. The van der Waals surface area contributed by atoms with Gasteiger partial charge in [-0.3, -0.25) is 0 Å². The summed E-state index contributed by atoms with van der Waals surface area (Å²) in [5.41, 5.74) is 2.70. The van der Waals surface area contributed by atoms with Crippen LogP contribution in [0, 0.1) is 3.57 Å². The number of nitrogens with zero attached hydrogens (tertiary/aromatic N) is 5. The Kier molecular flexibility index (Phi) is 7.45. The Morgan fingerprint density at radius 2 is 1.83 bits per heavy atom. The van der Waals surface area contributed by atoms with Crippen molar-refractivity contribution in [2.75, 3.05) is 18.0 Å². The molecule has 2 aromatic carbocycles. The van der Waals surface area contributed by atoms with Crippen LogP contribution in [-0.2, 0) is 16.6 Å². The second kappa shape index (κ2) is 10.6. The maximum Gasteiger partial charge on any atom is 0.222 e. The Morgan fingerprint density at radius 3 is 2.50 bits per heavy atom. The summed E-state index contributed by atoms with van der Waals surface area (Å²) in [5, 5.41) is 7.05. The van der Waals surface area contributed by atoms with E-state index >= 15 is 0 Å². The van der Waals surface area contributed by atoms with E-state index in [1.54, 1.807) is 27.6 Å². The first-order valence-corrected chi connectivity index (χ1v) is 14.7. The average molecular weight is 622 g/mol. The van der Waals surface area contributed by atoms with E-state index in [9.17, 15) is 12.8 Å². The Morgan fingerprint density at radius 1 is 1.08 bits per heavy atom. The smallest absolute Gasteiger partial charge is 0.222 e. The number of rotatable bonds is 6. The normalized spacial score (nSPS) is 26.6. The minimum atomic E-state index is -3.57. The molecule has 7 nitrogen and oxygen atoms in total. The molecule has 10 heteroatoms. The van der Waals surface area contributed by atoms with E-state index in [-0.39, 0.29) is 25.2 Å². The molecule has 36 heavy (non-hydrogen) atoms. The second-order valence-electron chi connectivity index (χ2n) is 9.37. The number of benzene rings is 2. The van der Waals surface area contributed by atoms with Crippen LogP contribution in [0.3, 0.4) is 0 Å². The van der Waals surface area contributed by atoms with Crippen molar-refractivity contribution in [2.24, 2.45) is 0 Å². The van der Waals surface area contributed by atoms with Gasteiger partial charge >= 0.3 is 0 Å². The van der Waals surface area contributed by atoms with Gasteiger partial charge in [0.1, 0.15) is 24.1 Å². The van der Waals surface area contributed by atoms with Crippen LogP contribution in [0.15, 0.2) is 73.8 Å². The second-order valence-corrected chi connectivity index (χ2v) is 12.6. The highest BCUT2D eigenvalue weighted by Gasteiger charge is 2.41. The third kappa shape index (κ3) is 4.95. The van der Waals surface area contributed by atoms with E-state index in [0.717, 1.165) is 33.4 Å². The SMILES string of the molecule is C=C[C@H]1CC[C@H](c2ccccc2)S(=O)(=O)N1Cc1ccc(N2CC[C@@H](n3cnnc3)[C@H](F)C2)cc1I. The van der Waals surface area contributed by atoms with Gasteiger partial charge < -0.3 is 9.47 Å². The van der Waals surface area contributed by atoms with E-state index in [0.29, 0.717) is 12.8 Å². The van der Waals surface area contributed by atoms with Crippen LogP contribution in [0.2, 0.25) is 0 Å². The van der Waals surface area contributed by atoms with Crippen molar-refractivity contribution in [3.63, 3.8) is 0 Å². The molecule has 0 amide bonds. The fourth-order valence-electron chi connectivity index (χ4n) is 5.29. The Bertz CT molecular complexity index is 1310. The summed E-state index contributed by atoms with van der Waals surface area (Å²) in [4.78, 5) is 2.05. The standard InChI is InChI=1S/C26H29FIN5O2S/c1-2-21-10-11-26(19-6-4-3-5-7-19)36(34,35)33(21)15-20-8-9-22(14-24(20)28)31-13-12-25(23(27)16-31)32-17-29-30-18-32/h2-9,14,17-18,21,23,25-26H,1,10-13,15-16H2/t21-,23+,25+,26+/m0/s1. The van der Waals surface area contributed by atoms with Gasteiger partial charge in [-0.2, -0.15) is 4.31 Å². The lowest BCUT2D eigenvalue weighted by Crippen LogP contribution is -2.45. The molecular weight excluding hydrogens is 592 g/mol. The summed E-state index contributed by atoms with van der Waals surface area (Å²) in [6, 6.07) is 14.9. The van der Waals surface area contributed by atoms with Crippen molar-refractivity contribution in [3.8, 4) is 0 Å². The zero-order valence-electron chi connectivity index (χ0n) is 19.8. The van der Waals surface area contributed by atoms with Crippen LogP contribution in [0.4, 0.5) is 10.1 Å². The molecule has 0 unspecified atom stereocenters. The molecule has 0 radical (unpaired) electrons. The molecule has 2 aliphatic rings. The van der Waals surface area contributed by atoms with Crippen LogP contribution in [-0.4, -0.2) is 52.8 Å². The number of hydrogen-bond acceptors (Lipinski definition) is 5. The summed E-state index contributed by atoms with van der Waals surface area (Å²) in [6.07, 6.45) is 5.80. The summed E-state index contributed by atoms with van der Waals surface area (Å²) in [6.45, 7) is 5.20. The molecule has 3 heterocycles. The molecule has 0 saturated carbocycles. The first-order valence-electron chi connectivity index (χ1n) is 12.1. The van der Waals surface area contributed by atoms with E-state index in [1.807, 2.05) is 53.4 Å². The van der Waals surface area contributed by atoms with E-state index in [2.05, 4.69) is 39.4 Å². The molecule has 2 fully saturated rings. The monoisotopic (exact) mass is 621 g/mol. The van der Waals surface area contributed by atoms with Crippen molar-refractivity contribution >= 4 is 38.3 Å². The fraction of sp³-hybridized carbons (Fsp3) is 0.385. The number of aromatic nitrogens is 3. The zero-order chi connectivity index (χ0) is 25.3. The molecule has 0 bridgehead atoms. The van der Waals surface area contributed by atoms with Crippen molar-refractivity contribution in [1.82, 2.24) is 19.1 Å². The molecule has 4 atom stereocenters. The predicted molar refractivity (Wildman–Crippen MR) is 147 cm³/mol. The predicted octanol–water partition coefficient (Wildman–Crippen LogP) is 4.89. The topological polar surface area (TPSA) is 71.3 Å². The highest BCUT2D eigenvalue weighted by atomic mass is 127. The maximum atomic E-state index is 15.0. The van der Waals surface area contributed by atoms with Crippen LogP contribution < -0.4 is 4.90 Å². The lowest BCUT2D eigenvalue weighted by atomic mass is 10.0. The van der Waals surface area contributed by atoms with E-state index < -0.39 is 21.4 Å². The van der Waals surface area contributed by atoms with Gasteiger partial charge in [0.25, 0.3) is 0 Å². The largest absolute Gasteiger partial charge is 0.368 e. The molecule has 5 rings (SSSR count). The van der Waals surface area contributed by atoms with Crippen molar-refractivity contribution in [1.29, 1.82) is 0 Å². The lowest BCUT2D eigenvalue weighted by molar-refractivity contribution is 0.199. The maximum absolute atomic E-state index is 15.0. The van der Waals surface area contributed by atoms with Crippen molar-refractivity contribution in [2.45, 2.75) is 49.3 Å². The molecule has 0 spiro atoms. The number of anilines is 1. The molecule has 3 aromatic rings. The van der Waals surface area contributed by atoms with Gasteiger partial charge in [0.05, 0.1) is 12.6 Å². The van der Waals surface area contributed by atoms with Crippen LogP contribution >= 0.6 is 22.6 Å². The summed E-state index contributed by atoms with van der Waals surface area (Å²) in [7, 11) is -3.57. The quantitative estimate of drug-likeness (QED) is 0.290. The lowest BCUT2D eigenvalue weighted by Gasteiger charge is -2.38. The fourth-order valence-corrected chi connectivity index (χ4v) is 8.11. The van der Waals surface area contributed by atoms with Gasteiger partial charge in [-0.1, -0.05) is 42.5 Å². The van der Waals surface area contributed by atoms with E-state index in [4.69, 9.17) is 0 Å². The Labute approximate surface area is 225 Å². The van der Waals surface area contributed by atoms with Crippen LogP contribution in [0.25, 0.3) is 0 Å². The molecule has 0 aliphatic carbocycles. The van der Waals surface area contributed by atoms with E-state index in [1.165, 1.54) is 0 Å². The zero-order valence-corrected chi connectivity index (χ0v) is 22.8. The first kappa shape index (κ1) is 25.3. The minimum absolute atomic E-state index is 0.241. The summed E-state index contributed by atoms with van der Waals surface area (Å²) >= 11 is 2.26. The van der Waals surface area contributed by atoms with Gasteiger partial charge in [0.15, 0.2) is 0 Å². The van der Waals surface area contributed by atoms with Gasteiger partial charge in [0, 0.05) is 28.4 Å². The van der Waals surface area contributed by atoms with Crippen LogP contribution in [0.1, 0.15) is 41.7 Å². The highest BCUT2D eigenvalue weighted by molar-refractivity contribution is 14.1. The third-order valence-electron chi connectivity index (χ3n) is 7.28. The van der Waals surface area contributed by atoms with Gasteiger partial charge in [-0.25, -0.2) is 12.8 Å². The number of halogens is 2. The number of hydrogen-bond donors (Lipinski definition) is 0. The molecular formula is C26H29FIN5O2S. The average Bonchev–Trinajstić information content (AvgIpc) is 3.41. The molecule has 190 valence electrons. The highest BCUT2D eigenvalue weighted by Crippen LogP contribution is 2.39. The Balaban J connectivity index is 1.34. The molecule has 0 N–H and O–H groups in total. The third-order valence-corrected chi connectivity index (χ3v) is 10.6. The molecule has 2 saturated heterocycles. The summed E-state index contributed by atoms with van der Waals surface area (Å²) in [5.74, 6) is 0. The van der Waals surface area contributed by atoms with Crippen molar-refractivity contribution < 1.29 is 12.8 Å². The Hall–Kier alpha value is -2.31. The first-order chi connectivity index (χ1) is 17.4. The van der Waals surface area contributed by atoms with Gasteiger partial charge in [-0.05, 0) is 65.1 Å². The van der Waals surface area contributed by atoms with Crippen LogP contribution in [0.5, 0.6) is 0 Å². The van der Waals surface area contributed by atoms with Gasteiger partial charge in [0.2, 0.25) is 10.0 Å². The number of alkyl halides is 1. The summed E-state index contributed by atoms with van der Waals surface area (Å²) < 4.78 is 46.7. The number of sulfonamides is 1. The number of piperidine rings is 1. The minimum Gasteiger partial charge on any atom is -0.368 e. The van der Waals surface area contributed by atoms with Crippen molar-refractivity contribution in [3.05, 3.63) is 88.5 Å².